The topological polar surface area (TPSA) is 58.6 Å². The van der Waals surface area contributed by atoms with E-state index in [0.29, 0.717) is 6.42 Å². The summed E-state index contributed by atoms with van der Waals surface area (Å²) in [6, 6.07) is 9.71. The van der Waals surface area contributed by atoms with Crippen LogP contribution in [0.4, 0.5) is 4.79 Å². The van der Waals surface area contributed by atoms with Crippen molar-refractivity contribution in [1.82, 2.24) is 5.32 Å². The van der Waals surface area contributed by atoms with E-state index in [9.17, 15) is 9.90 Å². The molecule has 0 aliphatic carbocycles. The number of benzene rings is 1. The molecule has 0 saturated carbocycles. The molecule has 0 radical (unpaired) electrons. The van der Waals surface area contributed by atoms with Crippen LogP contribution >= 0.6 is 0 Å². The van der Waals surface area contributed by atoms with Crippen molar-refractivity contribution >= 4 is 6.09 Å². The fourth-order valence-corrected chi connectivity index (χ4v) is 1.72. The molecule has 2 rings (SSSR count). The maximum atomic E-state index is 11.0. The molecule has 4 heteroatoms. The van der Waals surface area contributed by atoms with Crippen LogP contribution in [-0.4, -0.2) is 30.0 Å². The third-order valence-corrected chi connectivity index (χ3v) is 2.53. The Morgan fingerprint density at radius 2 is 2.13 bits per heavy atom. The molecule has 1 atom stereocenters. The summed E-state index contributed by atoms with van der Waals surface area (Å²) in [7, 11) is 0. The average molecular weight is 207 g/mol. The van der Waals surface area contributed by atoms with Gasteiger partial charge in [0.15, 0.2) is 0 Å². The predicted molar refractivity (Wildman–Crippen MR) is 54.4 cm³/mol. The van der Waals surface area contributed by atoms with Crippen LogP contribution < -0.4 is 5.32 Å². The second kappa shape index (κ2) is 3.90. The van der Waals surface area contributed by atoms with Crippen molar-refractivity contribution in [1.29, 1.82) is 0 Å². The van der Waals surface area contributed by atoms with E-state index < -0.39 is 11.6 Å². The second-order valence-corrected chi connectivity index (χ2v) is 3.80. The molecule has 1 fully saturated rings. The molecular weight excluding hydrogens is 194 g/mol. The monoisotopic (exact) mass is 207 g/mol. The summed E-state index contributed by atoms with van der Waals surface area (Å²) in [5.74, 6) is 0. The average Bonchev–Trinajstić information content (AvgIpc) is 2.62. The lowest BCUT2D eigenvalue weighted by Crippen LogP contribution is -2.48. The fourth-order valence-electron chi connectivity index (χ4n) is 1.72. The summed E-state index contributed by atoms with van der Waals surface area (Å²) in [4.78, 5) is 11.0. The zero-order valence-corrected chi connectivity index (χ0v) is 8.27. The van der Waals surface area contributed by atoms with Crippen molar-refractivity contribution < 1.29 is 14.6 Å². The van der Waals surface area contributed by atoms with Crippen LogP contribution in [0.15, 0.2) is 30.3 Å². The van der Waals surface area contributed by atoms with Gasteiger partial charge in [-0.3, -0.25) is 0 Å². The lowest BCUT2D eigenvalue weighted by molar-refractivity contribution is 0.145. The number of carbonyl (C=O) groups is 1. The van der Waals surface area contributed by atoms with Crippen molar-refractivity contribution in [3.63, 3.8) is 0 Å². The number of ether oxygens (including phenoxy) is 1. The van der Waals surface area contributed by atoms with Gasteiger partial charge in [-0.25, -0.2) is 4.79 Å². The first-order valence-corrected chi connectivity index (χ1v) is 4.84. The van der Waals surface area contributed by atoms with Gasteiger partial charge in [0.25, 0.3) is 0 Å². The highest BCUT2D eigenvalue weighted by Gasteiger charge is 2.39. The number of hydrogen-bond donors (Lipinski definition) is 2. The summed E-state index contributed by atoms with van der Waals surface area (Å²) in [6.45, 7) is 0.102. The van der Waals surface area contributed by atoms with Crippen LogP contribution in [-0.2, 0) is 11.2 Å². The van der Waals surface area contributed by atoms with Gasteiger partial charge in [-0.2, -0.15) is 0 Å². The molecule has 0 spiro atoms. The van der Waals surface area contributed by atoms with Crippen molar-refractivity contribution in [2.45, 2.75) is 12.0 Å². The molecular formula is C11H13NO3. The number of carbonyl (C=O) groups excluding carboxylic acids is 1. The third kappa shape index (κ3) is 2.10. The van der Waals surface area contributed by atoms with Gasteiger partial charge >= 0.3 is 6.09 Å². The van der Waals surface area contributed by atoms with Crippen LogP contribution in [0.3, 0.4) is 0 Å². The van der Waals surface area contributed by atoms with Crippen molar-refractivity contribution in [2.24, 2.45) is 0 Å². The highest BCUT2D eigenvalue weighted by Crippen LogP contribution is 2.18. The number of hydrogen-bond acceptors (Lipinski definition) is 3. The number of aliphatic hydroxyl groups excluding tert-OH is 1. The Balaban J connectivity index is 2.12. The van der Waals surface area contributed by atoms with Gasteiger partial charge in [-0.1, -0.05) is 30.3 Å². The summed E-state index contributed by atoms with van der Waals surface area (Å²) in [5.41, 5.74) is 0.413. The number of cyclic esters (lactones) is 1. The van der Waals surface area contributed by atoms with E-state index in [4.69, 9.17) is 4.74 Å². The van der Waals surface area contributed by atoms with Gasteiger partial charge in [0.1, 0.15) is 12.1 Å². The van der Waals surface area contributed by atoms with Crippen LogP contribution in [0, 0.1) is 0 Å². The fraction of sp³-hybridized carbons (Fsp3) is 0.364. The Kier molecular flexibility index (Phi) is 2.60. The van der Waals surface area contributed by atoms with Gasteiger partial charge in [-0.15, -0.1) is 0 Å². The maximum absolute atomic E-state index is 11.0. The quantitative estimate of drug-likeness (QED) is 0.767. The highest BCUT2D eigenvalue weighted by molar-refractivity contribution is 5.70. The summed E-state index contributed by atoms with van der Waals surface area (Å²) in [5, 5.41) is 12.0. The Hall–Kier alpha value is -1.55. The van der Waals surface area contributed by atoms with Crippen LogP contribution in [0.5, 0.6) is 0 Å². The van der Waals surface area contributed by atoms with E-state index in [2.05, 4.69) is 5.32 Å². The molecule has 1 heterocycles. The molecule has 1 aromatic carbocycles. The molecule has 80 valence electrons. The van der Waals surface area contributed by atoms with E-state index in [-0.39, 0.29) is 13.2 Å². The maximum Gasteiger partial charge on any atom is 0.407 e. The number of aliphatic hydroxyl groups is 1. The first-order valence-electron chi connectivity index (χ1n) is 4.84. The minimum absolute atomic E-state index is 0.117. The standard InChI is InChI=1S/C11H13NO3/c13-7-11(8-15-10(14)12-11)6-9-4-2-1-3-5-9/h1-5,13H,6-8H2,(H,12,14)/t11-/m1/s1. The lowest BCUT2D eigenvalue weighted by Gasteiger charge is -2.23. The second-order valence-electron chi connectivity index (χ2n) is 3.80. The predicted octanol–water partition coefficient (Wildman–Crippen LogP) is 0.700. The first kappa shape index (κ1) is 9.98. The van der Waals surface area contributed by atoms with Crippen molar-refractivity contribution in [3.8, 4) is 0 Å². The largest absolute Gasteiger partial charge is 0.447 e. The number of amides is 1. The first-order chi connectivity index (χ1) is 7.24. The van der Waals surface area contributed by atoms with Gasteiger partial charge in [0.05, 0.1) is 6.61 Å². The summed E-state index contributed by atoms with van der Waals surface area (Å²) in [6.07, 6.45) is 0.121. The molecule has 0 bridgehead atoms. The van der Waals surface area contributed by atoms with Gasteiger partial charge in [0, 0.05) is 6.42 Å². The van der Waals surface area contributed by atoms with E-state index in [1.165, 1.54) is 0 Å². The molecule has 4 nitrogen and oxygen atoms in total. The Labute approximate surface area is 87.9 Å². The van der Waals surface area contributed by atoms with E-state index in [0.717, 1.165) is 5.56 Å². The normalized spacial score (nSPS) is 24.7. The van der Waals surface area contributed by atoms with Crippen molar-refractivity contribution in [3.05, 3.63) is 35.9 Å². The Morgan fingerprint density at radius 1 is 1.40 bits per heavy atom. The van der Waals surface area contributed by atoms with Gasteiger partial charge in [0.2, 0.25) is 0 Å². The zero-order chi connectivity index (χ0) is 10.7. The molecule has 0 aromatic heterocycles. The Bertz CT molecular complexity index is 352. The highest BCUT2D eigenvalue weighted by atomic mass is 16.6. The van der Waals surface area contributed by atoms with E-state index >= 15 is 0 Å². The molecule has 15 heavy (non-hydrogen) atoms. The minimum Gasteiger partial charge on any atom is -0.447 e. The molecule has 1 amide bonds. The third-order valence-electron chi connectivity index (χ3n) is 2.53. The molecule has 1 aromatic rings. The van der Waals surface area contributed by atoms with Gasteiger partial charge in [-0.05, 0) is 5.56 Å². The molecule has 1 aliphatic heterocycles. The number of rotatable bonds is 3. The van der Waals surface area contributed by atoms with Crippen LogP contribution in [0.25, 0.3) is 0 Å². The molecule has 1 saturated heterocycles. The minimum atomic E-state index is -0.654. The summed E-state index contributed by atoms with van der Waals surface area (Å²) < 4.78 is 4.82. The van der Waals surface area contributed by atoms with Crippen LogP contribution in [0.2, 0.25) is 0 Å². The van der Waals surface area contributed by atoms with Crippen LogP contribution in [0.1, 0.15) is 5.56 Å². The lowest BCUT2D eigenvalue weighted by atomic mass is 9.93. The van der Waals surface area contributed by atoms with Gasteiger partial charge < -0.3 is 15.2 Å². The Morgan fingerprint density at radius 3 is 2.67 bits per heavy atom. The SMILES string of the molecule is O=C1N[C@@](CO)(Cc2ccccc2)CO1. The van der Waals surface area contributed by atoms with E-state index in [1.54, 1.807) is 0 Å². The number of nitrogens with one attached hydrogen (secondary N) is 1. The molecule has 1 aliphatic rings. The molecule has 2 N–H and O–H groups in total. The smallest absolute Gasteiger partial charge is 0.407 e. The number of alkyl carbamates (subject to hydrolysis) is 1. The zero-order valence-electron chi connectivity index (χ0n) is 8.27. The summed E-state index contributed by atoms with van der Waals surface area (Å²) >= 11 is 0. The van der Waals surface area contributed by atoms with Crippen molar-refractivity contribution in [2.75, 3.05) is 13.2 Å². The van der Waals surface area contributed by atoms with E-state index in [1.807, 2.05) is 30.3 Å². The molecule has 0 unspecified atom stereocenters.